The Morgan fingerprint density at radius 3 is 2.52 bits per heavy atom. The maximum Gasteiger partial charge on any atom is 0.238 e. The Morgan fingerprint density at radius 2 is 1.70 bits per heavy atom. The van der Waals surface area contributed by atoms with Crippen LogP contribution >= 0.6 is 0 Å². The number of aromatic amines is 1. The molecule has 9 nitrogen and oxygen atoms in total. The van der Waals surface area contributed by atoms with E-state index in [4.69, 9.17) is 14.5 Å². The lowest BCUT2D eigenvalue weighted by atomic mass is 10.1. The van der Waals surface area contributed by atoms with Crippen LogP contribution in [0.4, 0.5) is 11.6 Å². The van der Waals surface area contributed by atoms with Crippen LogP contribution in [-0.2, 0) is 10.0 Å². The van der Waals surface area contributed by atoms with Crippen LogP contribution in [0.2, 0.25) is 0 Å². The van der Waals surface area contributed by atoms with E-state index < -0.39 is 10.0 Å². The van der Waals surface area contributed by atoms with Crippen molar-refractivity contribution in [2.75, 3.05) is 5.32 Å². The number of imidazole rings is 1. The van der Waals surface area contributed by atoms with Gasteiger partial charge in [0.15, 0.2) is 5.65 Å². The summed E-state index contributed by atoms with van der Waals surface area (Å²) < 4.78 is 29.2. The number of nitrogens with two attached hydrogens (primary N) is 1. The Morgan fingerprint density at radius 1 is 0.909 bits per heavy atom. The molecule has 3 heterocycles. The molecule has 0 aliphatic rings. The molecule has 3 aromatic carbocycles. The van der Waals surface area contributed by atoms with Crippen molar-refractivity contribution in [3.8, 4) is 11.3 Å². The molecule has 0 amide bonds. The molecule has 0 fully saturated rings. The normalized spacial score (nSPS) is 12.0. The lowest BCUT2D eigenvalue weighted by molar-refractivity contribution is 0.598. The Kier molecular flexibility index (Phi) is 4.19. The summed E-state index contributed by atoms with van der Waals surface area (Å²) in [5.74, 6) is 0.307. The van der Waals surface area contributed by atoms with Crippen molar-refractivity contribution in [1.82, 2.24) is 19.9 Å². The summed E-state index contributed by atoms with van der Waals surface area (Å²) in [5.41, 5.74) is 4.71. The summed E-state index contributed by atoms with van der Waals surface area (Å²) in [7, 11) is -3.77. The van der Waals surface area contributed by atoms with Crippen LogP contribution < -0.4 is 10.5 Å². The maximum absolute atomic E-state index is 11.5. The zero-order valence-corrected chi connectivity index (χ0v) is 17.8. The lowest BCUT2D eigenvalue weighted by Gasteiger charge is -2.09. The number of sulfonamides is 1. The van der Waals surface area contributed by atoms with Gasteiger partial charge >= 0.3 is 0 Å². The highest BCUT2D eigenvalue weighted by Gasteiger charge is 2.18. The summed E-state index contributed by atoms with van der Waals surface area (Å²) in [4.78, 5) is 16.6. The number of fused-ring (bicyclic) bond motifs is 4. The van der Waals surface area contributed by atoms with Crippen LogP contribution in [0.1, 0.15) is 0 Å². The quantitative estimate of drug-likeness (QED) is 0.359. The SMILES string of the molecule is NS(=O)(=O)c1ccc(Nc2nc(-c3cccc4c3oc3ccccc34)c3[nH]cnc3n2)cc1. The Bertz CT molecular complexity index is 1770. The Balaban J connectivity index is 1.50. The third-order valence-electron chi connectivity index (χ3n) is 5.38. The number of hydrogen-bond donors (Lipinski definition) is 3. The number of rotatable bonds is 4. The second-order valence-electron chi connectivity index (χ2n) is 7.47. The molecule has 0 aliphatic heterocycles. The minimum Gasteiger partial charge on any atom is -0.455 e. The molecule has 0 bridgehead atoms. The molecule has 3 aromatic heterocycles. The van der Waals surface area contributed by atoms with Crippen molar-refractivity contribution >= 4 is 54.8 Å². The predicted octanol–water partition coefficient (Wildman–Crippen LogP) is 4.31. The van der Waals surface area contributed by atoms with Crippen molar-refractivity contribution in [1.29, 1.82) is 0 Å². The molecule has 10 heteroatoms. The van der Waals surface area contributed by atoms with Crippen molar-refractivity contribution < 1.29 is 12.8 Å². The molecule has 0 radical (unpaired) electrons. The van der Waals surface area contributed by atoms with Gasteiger partial charge in [-0.05, 0) is 36.4 Å². The van der Waals surface area contributed by atoms with E-state index in [1.54, 1.807) is 18.5 Å². The molecule has 4 N–H and O–H groups in total. The second kappa shape index (κ2) is 7.12. The van der Waals surface area contributed by atoms with Crippen LogP contribution in [0.5, 0.6) is 0 Å². The third kappa shape index (κ3) is 3.28. The molecule has 0 aliphatic carbocycles. The van der Waals surface area contributed by atoms with Crippen LogP contribution in [-0.4, -0.2) is 28.4 Å². The van der Waals surface area contributed by atoms with Crippen molar-refractivity contribution in [2.24, 2.45) is 5.14 Å². The van der Waals surface area contributed by atoms with Gasteiger partial charge in [0.2, 0.25) is 16.0 Å². The first-order valence-electron chi connectivity index (χ1n) is 9.99. The van der Waals surface area contributed by atoms with Gasteiger partial charge in [0.1, 0.15) is 22.4 Å². The van der Waals surface area contributed by atoms with Gasteiger partial charge in [-0.3, -0.25) is 0 Å². The zero-order chi connectivity index (χ0) is 22.6. The van der Waals surface area contributed by atoms with Crippen molar-refractivity contribution in [3.05, 3.63) is 73.1 Å². The van der Waals surface area contributed by atoms with Gasteiger partial charge in [-0.1, -0.05) is 30.3 Å². The fourth-order valence-corrected chi connectivity index (χ4v) is 4.39. The van der Waals surface area contributed by atoms with E-state index in [1.165, 1.54) is 12.1 Å². The number of nitrogens with one attached hydrogen (secondary N) is 2. The first-order valence-corrected chi connectivity index (χ1v) is 11.5. The highest BCUT2D eigenvalue weighted by molar-refractivity contribution is 7.89. The number of benzene rings is 3. The molecule has 6 aromatic rings. The van der Waals surface area contributed by atoms with Gasteiger partial charge < -0.3 is 14.7 Å². The van der Waals surface area contributed by atoms with E-state index in [0.29, 0.717) is 28.5 Å². The predicted molar refractivity (Wildman–Crippen MR) is 125 cm³/mol. The summed E-state index contributed by atoms with van der Waals surface area (Å²) in [5, 5.41) is 10.3. The van der Waals surface area contributed by atoms with E-state index in [9.17, 15) is 8.42 Å². The number of primary sulfonamides is 1. The van der Waals surface area contributed by atoms with E-state index in [-0.39, 0.29) is 4.90 Å². The molecule has 0 unspecified atom stereocenters. The highest BCUT2D eigenvalue weighted by Crippen LogP contribution is 2.37. The van der Waals surface area contributed by atoms with Gasteiger partial charge in [-0.25, -0.2) is 23.5 Å². The van der Waals surface area contributed by atoms with Gasteiger partial charge in [0.25, 0.3) is 0 Å². The van der Waals surface area contributed by atoms with E-state index in [0.717, 1.165) is 27.5 Å². The number of anilines is 2. The first-order chi connectivity index (χ1) is 16.0. The van der Waals surface area contributed by atoms with Crippen molar-refractivity contribution in [3.63, 3.8) is 0 Å². The second-order valence-corrected chi connectivity index (χ2v) is 9.03. The number of hydrogen-bond acceptors (Lipinski definition) is 7. The first kappa shape index (κ1) is 19.4. The van der Waals surface area contributed by atoms with Crippen LogP contribution in [0.3, 0.4) is 0 Å². The summed E-state index contributed by atoms with van der Waals surface area (Å²) >= 11 is 0. The summed E-state index contributed by atoms with van der Waals surface area (Å²) in [6.45, 7) is 0. The van der Waals surface area contributed by atoms with Gasteiger partial charge in [-0.15, -0.1) is 0 Å². The fraction of sp³-hybridized carbons (Fsp3) is 0. The summed E-state index contributed by atoms with van der Waals surface area (Å²) in [6, 6.07) is 19.8. The van der Waals surface area contributed by atoms with Crippen LogP contribution in [0.15, 0.2) is 82.4 Å². The van der Waals surface area contributed by atoms with Crippen LogP contribution in [0, 0.1) is 0 Å². The topological polar surface area (TPSA) is 140 Å². The maximum atomic E-state index is 11.5. The molecule has 0 atom stereocenters. The number of nitrogens with zero attached hydrogens (tertiary/aromatic N) is 3. The Labute approximate surface area is 187 Å². The van der Waals surface area contributed by atoms with Gasteiger partial charge in [0.05, 0.1) is 11.2 Å². The van der Waals surface area contributed by atoms with Crippen molar-refractivity contribution in [2.45, 2.75) is 4.90 Å². The van der Waals surface area contributed by atoms with Crippen LogP contribution in [0.25, 0.3) is 44.4 Å². The minimum atomic E-state index is -3.77. The molecule has 6 rings (SSSR count). The Hall–Kier alpha value is -4.28. The molecule has 162 valence electrons. The standard InChI is InChI=1S/C23H16N6O3S/c24-33(30,31)14-10-8-13(9-11-14)27-23-28-19(20-22(29-23)26-12-25-20)17-6-3-5-16-15-4-1-2-7-18(15)32-21(16)17/h1-12H,(H2,24,30,31)(H2,25,26,27,28,29). The van der Waals surface area contributed by atoms with E-state index in [1.807, 2.05) is 42.5 Å². The number of H-pyrrole nitrogens is 1. The zero-order valence-electron chi connectivity index (χ0n) is 17.0. The third-order valence-corrected chi connectivity index (χ3v) is 6.31. The number of para-hydroxylation sites is 2. The van der Waals surface area contributed by atoms with E-state index >= 15 is 0 Å². The van der Waals surface area contributed by atoms with Gasteiger partial charge in [0, 0.05) is 22.0 Å². The van der Waals surface area contributed by atoms with Gasteiger partial charge in [-0.2, -0.15) is 4.98 Å². The number of furan rings is 1. The lowest BCUT2D eigenvalue weighted by Crippen LogP contribution is -2.11. The van der Waals surface area contributed by atoms with E-state index in [2.05, 4.69) is 20.3 Å². The largest absolute Gasteiger partial charge is 0.455 e. The average Bonchev–Trinajstić information content (AvgIpc) is 3.43. The fourth-order valence-electron chi connectivity index (χ4n) is 3.87. The molecule has 0 saturated carbocycles. The molecular formula is C23H16N6O3S. The molecule has 0 saturated heterocycles. The monoisotopic (exact) mass is 456 g/mol. The molecule has 0 spiro atoms. The molecule has 33 heavy (non-hydrogen) atoms. The number of aromatic nitrogens is 4. The highest BCUT2D eigenvalue weighted by atomic mass is 32.2. The smallest absolute Gasteiger partial charge is 0.238 e. The molecular weight excluding hydrogens is 440 g/mol. The summed E-state index contributed by atoms with van der Waals surface area (Å²) in [6.07, 6.45) is 1.56. The average molecular weight is 456 g/mol. The minimum absolute atomic E-state index is 0.0222.